The molecule has 1 N–H and O–H groups in total. The topological polar surface area (TPSA) is 52.7 Å². The lowest BCUT2D eigenvalue weighted by Crippen LogP contribution is -2.60. The molecular formula is C5H9N3O2S. The van der Waals surface area contributed by atoms with Gasteiger partial charge in [-0.05, 0) is 0 Å². The Morgan fingerprint density at radius 2 is 1.64 bits per heavy atom. The minimum absolute atomic E-state index is 0.423. The van der Waals surface area contributed by atoms with Crippen LogP contribution in [0, 0.1) is 0 Å². The van der Waals surface area contributed by atoms with E-state index in [1.54, 1.807) is 14.1 Å². The second-order valence-electron chi connectivity index (χ2n) is 2.30. The fourth-order valence-electron chi connectivity index (χ4n) is 0.737. The Balaban J connectivity index is 2.78. The number of carbonyl (C=O) groups excluding carboxylic acids is 2. The average molecular weight is 175 g/mol. The van der Waals surface area contributed by atoms with Crippen LogP contribution in [0.4, 0.5) is 9.59 Å². The number of amides is 4. The average Bonchev–Trinajstić information content (AvgIpc) is 1.97. The van der Waals surface area contributed by atoms with Crippen LogP contribution >= 0.6 is 12.6 Å². The van der Waals surface area contributed by atoms with Gasteiger partial charge in [0.15, 0.2) is 5.50 Å². The van der Waals surface area contributed by atoms with Crippen molar-refractivity contribution in [3.63, 3.8) is 0 Å². The molecule has 5 nitrogen and oxygen atoms in total. The number of hydrogen-bond donors (Lipinski definition) is 2. The van der Waals surface area contributed by atoms with E-state index in [1.165, 1.54) is 9.80 Å². The maximum absolute atomic E-state index is 10.9. The number of nitrogens with zero attached hydrogens (tertiary/aromatic N) is 2. The van der Waals surface area contributed by atoms with Gasteiger partial charge in [0.2, 0.25) is 0 Å². The summed E-state index contributed by atoms with van der Waals surface area (Å²) in [5.41, 5.74) is -0.476. The van der Waals surface area contributed by atoms with Crippen LogP contribution in [0.25, 0.3) is 0 Å². The summed E-state index contributed by atoms with van der Waals surface area (Å²) in [5.74, 6) is 0. The molecule has 11 heavy (non-hydrogen) atoms. The third kappa shape index (κ3) is 1.25. The number of imide groups is 1. The summed E-state index contributed by atoms with van der Waals surface area (Å²) in [6.45, 7) is 0. The molecule has 1 aliphatic heterocycles. The highest BCUT2D eigenvalue weighted by Crippen LogP contribution is 2.10. The predicted molar refractivity (Wildman–Crippen MR) is 42.2 cm³/mol. The van der Waals surface area contributed by atoms with Crippen molar-refractivity contribution in [3.05, 3.63) is 0 Å². The monoisotopic (exact) mass is 175 g/mol. The van der Waals surface area contributed by atoms with Gasteiger partial charge >= 0.3 is 12.1 Å². The van der Waals surface area contributed by atoms with Crippen LogP contribution in [0.2, 0.25) is 0 Å². The lowest BCUT2D eigenvalue weighted by Gasteiger charge is -2.36. The fourth-order valence-corrected chi connectivity index (χ4v) is 0.947. The molecule has 0 spiro atoms. The Bertz CT molecular complexity index is 188. The highest BCUT2D eigenvalue weighted by atomic mass is 32.1. The molecule has 0 aliphatic carbocycles. The largest absolute Gasteiger partial charge is 0.327 e. The summed E-state index contributed by atoms with van der Waals surface area (Å²) in [6, 6.07) is -0.846. The molecule has 1 fully saturated rings. The van der Waals surface area contributed by atoms with E-state index in [-0.39, 0.29) is 0 Å². The van der Waals surface area contributed by atoms with E-state index in [4.69, 9.17) is 0 Å². The van der Waals surface area contributed by atoms with Crippen LogP contribution in [0.1, 0.15) is 0 Å². The van der Waals surface area contributed by atoms with Gasteiger partial charge in [0.25, 0.3) is 0 Å². The highest BCUT2D eigenvalue weighted by Gasteiger charge is 2.31. The molecule has 0 unspecified atom stereocenters. The van der Waals surface area contributed by atoms with E-state index in [9.17, 15) is 9.59 Å². The third-order valence-electron chi connectivity index (χ3n) is 1.55. The standard InChI is InChI=1S/C5H9N3O2S/c1-7-3(9)6-4(10)8(2)5(7)11/h5,11H,1-2H3,(H,6,9,10). The summed E-state index contributed by atoms with van der Waals surface area (Å²) < 4.78 is 0. The molecule has 1 aliphatic rings. The first-order chi connectivity index (χ1) is 5.04. The third-order valence-corrected chi connectivity index (χ3v) is 2.24. The lowest BCUT2D eigenvalue weighted by atomic mass is 10.6. The van der Waals surface area contributed by atoms with Crippen molar-refractivity contribution < 1.29 is 9.59 Å². The Labute approximate surface area is 69.7 Å². The van der Waals surface area contributed by atoms with Crippen LogP contribution in [-0.2, 0) is 0 Å². The van der Waals surface area contributed by atoms with Gasteiger partial charge in [-0.3, -0.25) is 15.1 Å². The summed E-state index contributed by atoms with van der Waals surface area (Å²) in [6.07, 6.45) is 0. The molecule has 6 heteroatoms. The molecule has 1 heterocycles. The van der Waals surface area contributed by atoms with E-state index in [2.05, 4.69) is 17.9 Å². The second-order valence-corrected chi connectivity index (χ2v) is 2.77. The van der Waals surface area contributed by atoms with Gasteiger partial charge in [-0.1, -0.05) is 0 Å². The SMILES string of the molecule is CN1C(=O)NC(=O)N(C)C1S. The fraction of sp³-hybridized carbons (Fsp3) is 0.600. The predicted octanol–water partition coefficient (Wildman–Crippen LogP) is -0.0934. The normalized spacial score (nSPS) is 20.6. The van der Waals surface area contributed by atoms with Crippen LogP contribution in [0.3, 0.4) is 0 Å². The van der Waals surface area contributed by atoms with E-state index in [0.717, 1.165) is 0 Å². The van der Waals surface area contributed by atoms with Crippen molar-refractivity contribution >= 4 is 24.7 Å². The number of nitrogens with one attached hydrogen (secondary N) is 1. The van der Waals surface area contributed by atoms with Crippen LogP contribution < -0.4 is 5.32 Å². The number of urea groups is 2. The van der Waals surface area contributed by atoms with Crippen molar-refractivity contribution in [2.75, 3.05) is 14.1 Å². The zero-order valence-electron chi connectivity index (χ0n) is 6.24. The second kappa shape index (κ2) is 2.61. The Kier molecular flexibility index (Phi) is 1.95. The van der Waals surface area contributed by atoms with Gasteiger partial charge in [-0.2, -0.15) is 0 Å². The molecule has 0 saturated carbocycles. The van der Waals surface area contributed by atoms with Gasteiger partial charge in [-0.15, -0.1) is 12.6 Å². The van der Waals surface area contributed by atoms with Gasteiger partial charge < -0.3 is 0 Å². The molecule has 1 saturated heterocycles. The Hall–Kier alpha value is -0.910. The maximum atomic E-state index is 10.9. The molecule has 62 valence electrons. The molecule has 0 aromatic heterocycles. The van der Waals surface area contributed by atoms with Gasteiger partial charge in [-0.25, -0.2) is 9.59 Å². The molecule has 0 aromatic rings. The zero-order valence-corrected chi connectivity index (χ0v) is 7.13. The molecule has 0 aromatic carbocycles. The van der Waals surface area contributed by atoms with Crippen molar-refractivity contribution in [1.82, 2.24) is 15.1 Å². The van der Waals surface area contributed by atoms with Crippen molar-refractivity contribution in [2.45, 2.75) is 5.50 Å². The number of rotatable bonds is 0. The summed E-state index contributed by atoms with van der Waals surface area (Å²) in [4.78, 5) is 24.4. The summed E-state index contributed by atoms with van der Waals surface area (Å²) in [5, 5.41) is 2.13. The zero-order chi connectivity index (χ0) is 8.59. The summed E-state index contributed by atoms with van der Waals surface area (Å²) >= 11 is 4.04. The molecule has 1 rings (SSSR count). The Morgan fingerprint density at radius 1 is 1.27 bits per heavy atom. The van der Waals surface area contributed by atoms with Crippen molar-refractivity contribution in [2.24, 2.45) is 0 Å². The maximum Gasteiger partial charge on any atom is 0.327 e. The minimum Gasteiger partial charge on any atom is -0.298 e. The van der Waals surface area contributed by atoms with E-state index in [1.807, 2.05) is 0 Å². The van der Waals surface area contributed by atoms with E-state index >= 15 is 0 Å². The Morgan fingerprint density at radius 3 is 2.00 bits per heavy atom. The van der Waals surface area contributed by atoms with Crippen LogP contribution in [0.15, 0.2) is 0 Å². The molecule has 0 bridgehead atoms. The molecule has 0 atom stereocenters. The quantitative estimate of drug-likeness (QED) is 0.505. The van der Waals surface area contributed by atoms with Gasteiger partial charge in [0, 0.05) is 14.1 Å². The number of carbonyl (C=O) groups is 2. The first kappa shape index (κ1) is 8.19. The van der Waals surface area contributed by atoms with Gasteiger partial charge in [0.05, 0.1) is 0 Å². The van der Waals surface area contributed by atoms with Gasteiger partial charge in [0.1, 0.15) is 0 Å². The lowest BCUT2D eigenvalue weighted by molar-refractivity contribution is 0.134. The molecule has 0 radical (unpaired) electrons. The smallest absolute Gasteiger partial charge is 0.298 e. The van der Waals surface area contributed by atoms with Crippen LogP contribution in [-0.4, -0.2) is 41.5 Å². The first-order valence-corrected chi connectivity index (χ1v) is 3.54. The highest BCUT2D eigenvalue weighted by molar-refractivity contribution is 7.80. The van der Waals surface area contributed by atoms with Crippen molar-refractivity contribution in [3.8, 4) is 0 Å². The first-order valence-electron chi connectivity index (χ1n) is 3.02. The van der Waals surface area contributed by atoms with E-state index in [0.29, 0.717) is 0 Å². The molecule has 4 amide bonds. The number of thiol groups is 1. The summed E-state index contributed by atoms with van der Waals surface area (Å²) in [7, 11) is 3.13. The van der Waals surface area contributed by atoms with Crippen LogP contribution in [0.5, 0.6) is 0 Å². The minimum atomic E-state index is -0.476. The van der Waals surface area contributed by atoms with E-state index < -0.39 is 17.6 Å². The number of hydrogen-bond acceptors (Lipinski definition) is 3. The molecular weight excluding hydrogens is 166 g/mol. The van der Waals surface area contributed by atoms with Crippen molar-refractivity contribution in [1.29, 1.82) is 0 Å².